The minimum atomic E-state index is 0.338. The molecule has 0 aromatic carbocycles. The Kier molecular flexibility index (Phi) is 1.25. The first-order chi connectivity index (χ1) is 3.38. The zero-order chi connectivity index (χ0) is 5.28. The maximum absolute atomic E-state index is 8.24. The topological polar surface area (TPSA) is 23.8 Å². The minimum Gasteiger partial charge on any atom is -0.197 e. The fraction of sp³-hybridized carbons (Fsp3) is 0.800. The predicted molar refractivity (Wildman–Crippen MR) is 31.1 cm³/mol. The molecule has 0 aromatic heterocycles. The number of rotatable bonds is 1. The van der Waals surface area contributed by atoms with Crippen LogP contribution in [0.4, 0.5) is 0 Å². The number of hydrogen-bond acceptors (Lipinski definition) is 2. The van der Waals surface area contributed by atoms with E-state index in [1.807, 2.05) is 0 Å². The van der Waals surface area contributed by atoms with Gasteiger partial charge in [-0.1, -0.05) is 6.92 Å². The summed E-state index contributed by atoms with van der Waals surface area (Å²) in [5.41, 5.74) is 0. The maximum Gasteiger partial charge on any atom is 0.104 e. The molecule has 0 aliphatic carbocycles. The highest BCUT2D eigenvalue weighted by Gasteiger charge is 2.36. The van der Waals surface area contributed by atoms with Gasteiger partial charge in [0.2, 0.25) is 0 Å². The summed E-state index contributed by atoms with van der Waals surface area (Å²) in [6.07, 6.45) is 1.16. The summed E-state index contributed by atoms with van der Waals surface area (Å²) in [5.74, 6) is 0. The monoisotopic (exact) mass is 113 g/mol. The highest BCUT2D eigenvalue weighted by atomic mass is 32.2. The van der Waals surface area contributed by atoms with Gasteiger partial charge in [-0.25, -0.2) is 0 Å². The molecule has 1 aliphatic heterocycles. The van der Waals surface area contributed by atoms with Crippen LogP contribution in [-0.4, -0.2) is 10.5 Å². The SMILES string of the molecule is CCC1SC1C#N. The number of hydrogen-bond donors (Lipinski definition) is 0. The quantitative estimate of drug-likeness (QED) is 0.480. The largest absolute Gasteiger partial charge is 0.197 e. The van der Waals surface area contributed by atoms with Crippen LogP contribution >= 0.6 is 11.8 Å². The van der Waals surface area contributed by atoms with Crippen LogP contribution in [0.3, 0.4) is 0 Å². The summed E-state index contributed by atoms with van der Waals surface area (Å²) in [5, 5.41) is 9.25. The van der Waals surface area contributed by atoms with E-state index in [-0.39, 0.29) is 0 Å². The van der Waals surface area contributed by atoms with Crippen LogP contribution in [0.2, 0.25) is 0 Å². The van der Waals surface area contributed by atoms with E-state index in [9.17, 15) is 0 Å². The summed E-state index contributed by atoms with van der Waals surface area (Å²) < 4.78 is 0. The molecule has 0 spiro atoms. The smallest absolute Gasteiger partial charge is 0.104 e. The fourth-order valence-electron chi connectivity index (χ4n) is 0.567. The van der Waals surface area contributed by atoms with Crippen LogP contribution in [0.25, 0.3) is 0 Å². The molecule has 2 unspecified atom stereocenters. The molecule has 1 nitrogen and oxygen atoms in total. The first-order valence-electron chi connectivity index (χ1n) is 2.43. The molecule has 1 rings (SSSR count). The van der Waals surface area contributed by atoms with Gasteiger partial charge in [0, 0.05) is 5.25 Å². The van der Waals surface area contributed by atoms with Gasteiger partial charge in [0.1, 0.15) is 5.25 Å². The molecule has 0 aromatic rings. The molecule has 0 saturated carbocycles. The summed E-state index contributed by atoms with van der Waals surface area (Å²) in [6, 6.07) is 2.20. The van der Waals surface area contributed by atoms with Gasteiger partial charge in [0.25, 0.3) is 0 Å². The van der Waals surface area contributed by atoms with Crippen molar-refractivity contribution in [2.24, 2.45) is 0 Å². The second kappa shape index (κ2) is 1.75. The molecule has 0 bridgehead atoms. The third kappa shape index (κ3) is 0.889. The van der Waals surface area contributed by atoms with Gasteiger partial charge in [-0.05, 0) is 6.42 Å². The van der Waals surface area contributed by atoms with E-state index in [1.165, 1.54) is 0 Å². The third-order valence-corrected chi connectivity index (χ3v) is 2.48. The van der Waals surface area contributed by atoms with Gasteiger partial charge in [0.05, 0.1) is 6.07 Å². The summed E-state index contributed by atoms with van der Waals surface area (Å²) in [4.78, 5) is 0. The van der Waals surface area contributed by atoms with Crippen LogP contribution in [-0.2, 0) is 0 Å². The van der Waals surface area contributed by atoms with Gasteiger partial charge < -0.3 is 0 Å². The summed E-state index contributed by atoms with van der Waals surface area (Å²) in [6.45, 7) is 2.12. The van der Waals surface area contributed by atoms with Gasteiger partial charge in [-0.15, -0.1) is 11.8 Å². The lowest BCUT2D eigenvalue weighted by Crippen LogP contribution is -1.84. The number of nitriles is 1. The van der Waals surface area contributed by atoms with Crippen molar-refractivity contribution in [3.05, 3.63) is 0 Å². The normalized spacial score (nSPS) is 37.1. The average molecular weight is 113 g/mol. The van der Waals surface area contributed by atoms with E-state index < -0.39 is 0 Å². The molecule has 7 heavy (non-hydrogen) atoms. The lowest BCUT2D eigenvalue weighted by molar-refractivity contribution is 0.934. The number of nitrogens with zero attached hydrogens (tertiary/aromatic N) is 1. The van der Waals surface area contributed by atoms with E-state index in [1.54, 1.807) is 11.8 Å². The lowest BCUT2D eigenvalue weighted by atomic mass is 10.3. The second-order valence-electron chi connectivity index (χ2n) is 1.63. The van der Waals surface area contributed by atoms with Gasteiger partial charge in [-0.2, -0.15) is 5.26 Å². The van der Waals surface area contributed by atoms with Crippen molar-refractivity contribution in [1.29, 1.82) is 5.26 Å². The van der Waals surface area contributed by atoms with E-state index in [0.717, 1.165) is 6.42 Å². The van der Waals surface area contributed by atoms with Crippen LogP contribution in [0, 0.1) is 11.3 Å². The van der Waals surface area contributed by atoms with Crippen molar-refractivity contribution in [2.75, 3.05) is 0 Å². The van der Waals surface area contributed by atoms with Crippen LogP contribution in [0.5, 0.6) is 0 Å². The molecule has 2 heteroatoms. The molecule has 1 fully saturated rings. The van der Waals surface area contributed by atoms with Gasteiger partial charge in [-0.3, -0.25) is 0 Å². The lowest BCUT2D eigenvalue weighted by Gasteiger charge is -1.74. The van der Waals surface area contributed by atoms with E-state index >= 15 is 0 Å². The van der Waals surface area contributed by atoms with E-state index in [0.29, 0.717) is 10.5 Å². The van der Waals surface area contributed by atoms with Crippen molar-refractivity contribution >= 4 is 11.8 Å². The van der Waals surface area contributed by atoms with Crippen molar-refractivity contribution in [2.45, 2.75) is 23.8 Å². The molecule has 0 radical (unpaired) electrons. The zero-order valence-corrected chi connectivity index (χ0v) is 5.03. The highest BCUT2D eigenvalue weighted by Crippen LogP contribution is 2.42. The molecule has 0 N–H and O–H groups in total. The maximum atomic E-state index is 8.24. The Morgan fingerprint density at radius 2 is 2.57 bits per heavy atom. The van der Waals surface area contributed by atoms with Crippen LogP contribution in [0.1, 0.15) is 13.3 Å². The first-order valence-corrected chi connectivity index (χ1v) is 3.38. The van der Waals surface area contributed by atoms with Gasteiger partial charge in [0.15, 0.2) is 0 Å². The van der Waals surface area contributed by atoms with Crippen molar-refractivity contribution in [1.82, 2.24) is 0 Å². The molecule has 1 aliphatic rings. The Morgan fingerprint density at radius 3 is 2.71 bits per heavy atom. The fourth-order valence-corrected chi connectivity index (χ4v) is 1.36. The Morgan fingerprint density at radius 1 is 1.86 bits per heavy atom. The van der Waals surface area contributed by atoms with Crippen molar-refractivity contribution in [3.8, 4) is 6.07 Å². The molecular weight excluding hydrogens is 106 g/mol. The first kappa shape index (κ1) is 4.99. The Bertz CT molecular complexity index is 105. The standard InChI is InChI=1S/C5H7NS/c1-2-4-5(3-6)7-4/h4-5H,2H2,1H3. The second-order valence-corrected chi connectivity index (χ2v) is 3.02. The molecule has 1 heterocycles. The Balaban J connectivity index is 2.21. The molecule has 38 valence electrons. The zero-order valence-electron chi connectivity index (χ0n) is 4.22. The average Bonchev–Trinajstić information content (AvgIpc) is 2.43. The van der Waals surface area contributed by atoms with E-state index in [2.05, 4.69) is 13.0 Å². The summed E-state index contributed by atoms with van der Waals surface area (Å²) >= 11 is 1.78. The van der Waals surface area contributed by atoms with Crippen molar-refractivity contribution < 1.29 is 0 Å². The van der Waals surface area contributed by atoms with Crippen molar-refractivity contribution in [3.63, 3.8) is 0 Å². The Labute approximate surface area is 47.7 Å². The molecular formula is C5H7NS. The van der Waals surface area contributed by atoms with Crippen LogP contribution in [0.15, 0.2) is 0 Å². The summed E-state index contributed by atoms with van der Waals surface area (Å²) in [7, 11) is 0. The third-order valence-electron chi connectivity index (χ3n) is 1.11. The molecule has 2 atom stereocenters. The van der Waals surface area contributed by atoms with Gasteiger partial charge >= 0.3 is 0 Å². The molecule has 1 saturated heterocycles. The number of thioether (sulfide) groups is 1. The van der Waals surface area contributed by atoms with Crippen LogP contribution < -0.4 is 0 Å². The minimum absolute atomic E-state index is 0.338. The molecule has 0 amide bonds. The van der Waals surface area contributed by atoms with E-state index in [4.69, 9.17) is 5.26 Å². The predicted octanol–water partition coefficient (Wildman–Crippen LogP) is 1.40. The Hall–Kier alpha value is -0.160. The highest BCUT2D eigenvalue weighted by molar-refractivity contribution is 8.08.